The van der Waals surface area contributed by atoms with Gasteiger partial charge in [-0.15, -0.1) is 0 Å². The molecule has 30 heavy (non-hydrogen) atoms. The zero-order valence-corrected chi connectivity index (χ0v) is 15.9. The summed E-state index contributed by atoms with van der Waals surface area (Å²) in [5.74, 6) is 0.0758. The lowest BCUT2D eigenvalue weighted by Crippen LogP contribution is -2.34. The molecule has 1 amide bonds. The molecule has 0 aliphatic carbocycles. The molecule has 2 aromatic carbocycles. The first-order chi connectivity index (χ1) is 14.3. The molecule has 0 radical (unpaired) electrons. The van der Waals surface area contributed by atoms with Gasteiger partial charge in [0.2, 0.25) is 5.95 Å². The summed E-state index contributed by atoms with van der Waals surface area (Å²) in [4.78, 5) is 17.2. The second-order valence-corrected chi connectivity index (χ2v) is 6.88. The number of nitrogens with zero attached hydrogens (tertiary/aromatic N) is 3. The highest BCUT2D eigenvalue weighted by Crippen LogP contribution is 2.36. The molecule has 2 heterocycles. The summed E-state index contributed by atoms with van der Waals surface area (Å²) >= 11 is 0. The van der Waals surface area contributed by atoms with Crippen LogP contribution in [0, 0.1) is 0 Å². The summed E-state index contributed by atoms with van der Waals surface area (Å²) in [7, 11) is 0. The second kappa shape index (κ2) is 7.66. The summed E-state index contributed by atoms with van der Waals surface area (Å²) in [5.41, 5.74) is 1.60. The fourth-order valence-electron chi connectivity index (χ4n) is 3.42. The van der Waals surface area contributed by atoms with Gasteiger partial charge in [0.25, 0.3) is 5.91 Å². The zero-order valence-electron chi connectivity index (χ0n) is 15.9. The van der Waals surface area contributed by atoms with Crippen LogP contribution in [-0.4, -0.2) is 20.7 Å². The van der Waals surface area contributed by atoms with Gasteiger partial charge in [-0.2, -0.15) is 23.3 Å². The molecular formula is C21H18F3N5O. The topological polar surface area (TPSA) is 71.8 Å². The van der Waals surface area contributed by atoms with E-state index in [1.54, 1.807) is 6.92 Å². The number of hydrogen-bond donors (Lipinski definition) is 2. The van der Waals surface area contributed by atoms with Crippen LogP contribution in [0.2, 0.25) is 0 Å². The second-order valence-electron chi connectivity index (χ2n) is 6.88. The highest BCUT2D eigenvalue weighted by molar-refractivity contribution is 5.96. The molecule has 9 heteroatoms. The molecule has 3 aromatic rings. The number of alkyl halides is 3. The lowest BCUT2D eigenvalue weighted by molar-refractivity contribution is -0.137. The summed E-state index contributed by atoms with van der Waals surface area (Å²) < 4.78 is 40.4. The molecule has 1 unspecified atom stereocenters. The van der Waals surface area contributed by atoms with Crippen molar-refractivity contribution in [3.8, 4) is 0 Å². The number of rotatable bonds is 4. The van der Waals surface area contributed by atoms with E-state index in [0.717, 1.165) is 17.7 Å². The van der Waals surface area contributed by atoms with Gasteiger partial charge in [0.05, 0.1) is 11.1 Å². The van der Waals surface area contributed by atoms with Crippen LogP contribution >= 0.6 is 0 Å². The smallest absolute Gasteiger partial charge is 0.348 e. The maximum atomic E-state index is 13.1. The van der Waals surface area contributed by atoms with Gasteiger partial charge in [0, 0.05) is 12.2 Å². The minimum absolute atomic E-state index is 0.320. The average Bonchev–Trinajstić information content (AvgIpc) is 3.19. The molecule has 1 atom stereocenters. The van der Waals surface area contributed by atoms with Gasteiger partial charge < -0.3 is 10.6 Å². The van der Waals surface area contributed by atoms with Crippen molar-refractivity contribution in [3.63, 3.8) is 0 Å². The first kappa shape index (κ1) is 19.7. The zero-order chi connectivity index (χ0) is 21.3. The summed E-state index contributed by atoms with van der Waals surface area (Å²) in [5, 5.41) is 10.1. The number of benzene rings is 2. The number of allylic oxidation sites excluding steroid dienone is 1. The molecule has 0 saturated heterocycles. The Morgan fingerprint density at radius 1 is 1.13 bits per heavy atom. The van der Waals surface area contributed by atoms with Gasteiger partial charge in [0.1, 0.15) is 12.4 Å². The van der Waals surface area contributed by atoms with E-state index < -0.39 is 17.8 Å². The van der Waals surface area contributed by atoms with Crippen molar-refractivity contribution in [2.75, 3.05) is 5.32 Å². The normalized spacial score (nSPS) is 16.1. The molecule has 0 bridgehead atoms. The number of hydrogen-bond acceptors (Lipinski definition) is 4. The van der Waals surface area contributed by atoms with Gasteiger partial charge in [-0.25, -0.2) is 4.68 Å². The van der Waals surface area contributed by atoms with Gasteiger partial charge in [-0.1, -0.05) is 42.5 Å². The van der Waals surface area contributed by atoms with Crippen molar-refractivity contribution in [2.24, 2.45) is 0 Å². The Kier molecular flexibility index (Phi) is 5.03. The number of carbonyl (C=O) groups is 1. The van der Waals surface area contributed by atoms with Gasteiger partial charge >= 0.3 is 6.18 Å². The Hall–Kier alpha value is -3.62. The monoisotopic (exact) mass is 413 g/mol. The highest BCUT2D eigenvalue weighted by atomic mass is 19.4. The highest BCUT2D eigenvalue weighted by Gasteiger charge is 2.35. The maximum Gasteiger partial charge on any atom is 0.416 e. The fraction of sp³-hybridized carbons (Fsp3) is 0.190. The van der Waals surface area contributed by atoms with Crippen LogP contribution in [0.4, 0.5) is 19.1 Å². The fourth-order valence-corrected chi connectivity index (χ4v) is 3.42. The number of fused-ring (bicyclic) bond motifs is 1. The summed E-state index contributed by atoms with van der Waals surface area (Å²) in [6, 6.07) is 13.4. The molecule has 1 aliphatic rings. The predicted molar refractivity (Wildman–Crippen MR) is 104 cm³/mol. The number of aromatic nitrogens is 3. The number of nitrogens with one attached hydrogen (secondary N) is 2. The van der Waals surface area contributed by atoms with E-state index in [2.05, 4.69) is 20.7 Å². The van der Waals surface area contributed by atoms with Crippen LogP contribution in [-0.2, 0) is 17.5 Å². The molecule has 1 aromatic heterocycles. The van der Waals surface area contributed by atoms with Gasteiger partial charge in [-0.05, 0) is 30.2 Å². The van der Waals surface area contributed by atoms with Crippen molar-refractivity contribution in [1.29, 1.82) is 0 Å². The SMILES string of the molecule is CC1=C(C(=O)NCc2ccccc2)C(c2ccc(C(F)(F)F)cc2)n2ncnc2N1. The van der Waals surface area contributed by atoms with Crippen LogP contribution in [0.15, 0.2) is 72.2 Å². The average molecular weight is 413 g/mol. The Morgan fingerprint density at radius 3 is 2.50 bits per heavy atom. The third-order valence-corrected chi connectivity index (χ3v) is 4.89. The van der Waals surface area contributed by atoms with E-state index in [0.29, 0.717) is 29.3 Å². The van der Waals surface area contributed by atoms with Gasteiger partial charge in [-0.3, -0.25) is 4.79 Å². The molecule has 1 aliphatic heterocycles. The van der Waals surface area contributed by atoms with Crippen molar-refractivity contribution in [2.45, 2.75) is 25.7 Å². The van der Waals surface area contributed by atoms with Crippen molar-refractivity contribution >= 4 is 11.9 Å². The molecule has 0 saturated carbocycles. The number of amides is 1. The molecule has 2 N–H and O–H groups in total. The summed E-state index contributed by atoms with van der Waals surface area (Å²) in [6.45, 7) is 2.05. The standard InChI is InChI=1S/C21H18F3N5O/c1-13-17(19(30)25-11-14-5-3-2-4-6-14)18(29-20(28-13)26-12-27-29)15-7-9-16(10-8-15)21(22,23)24/h2-10,12,18H,11H2,1H3,(H,25,30)(H,26,27,28). The lowest BCUT2D eigenvalue weighted by atomic mass is 9.94. The number of halogens is 3. The Bertz CT molecular complexity index is 1090. The van der Waals surface area contributed by atoms with Crippen LogP contribution in [0.5, 0.6) is 0 Å². The molecular weight excluding hydrogens is 395 g/mol. The van der Waals surface area contributed by atoms with E-state index in [4.69, 9.17) is 0 Å². The van der Waals surface area contributed by atoms with Crippen molar-refractivity contribution in [3.05, 3.63) is 88.9 Å². The van der Waals surface area contributed by atoms with E-state index >= 15 is 0 Å². The van der Waals surface area contributed by atoms with E-state index in [9.17, 15) is 18.0 Å². The number of carbonyl (C=O) groups excluding carboxylic acids is 1. The predicted octanol–water partition coefficient (Wildman–Crippen LogP) is 3.90. The largest absolute Gasteiger partial charge is 0.416 e. The van der Waals surface area contributed by atoms with E-state index in [1.165, 1.54) is 23.1 Å². The first-order valence-electron chi connectivity index (χ1n) is 9.21. The summed E-state index contributed by atoms with van der Waals surface area (Å²) in [6.07, 6.45) is -3.11. The minimum Gasteiger partial charge on any atom is -0.348 e. The molecule has 0 fully saturated rings. The quantitative estimate of drug-likeness (QED) is 0.681. The Balaban J connectivity index is 1.67. The number of anilines is 1. The maximum absolute atomic E-state index is 13.1. The third-order valence-electron chi connectivity index (χ3n) is 4.89. The Morgan fingerprint density at radius 2 is 1.83 bits per heavy atom. The van der Waals surface area contributed by atoms with Crippen LogP contribution in [0.3, 0.4) is 0 Å². The lowest BCUT2D eigenvalue weighted by Gasteiger charge is -2.29. The van der Waals surface area contributed by atoms with E-state index in [-0.39, 0.29) is 5.91 Å². The van der Waals surface area contributed by atoms with Crippen molar-refractivity contribution < 1.29 is 18.0 Å². The van der Waals surface area contributed by atoms with Gasteiger partial charge in [0.15, 0.2) is 0 Å². The first-order valence-corrected chi connectivity index (χ1v) is 9.21. The van der Waals surface area contributed by atoms with Crippen LogP contribution in [0.1, 0.15) is 29.7 Å². The minimum atomic E-state index is -4.44. The van der Waals surface area contributed by atoms with Crippen LogP contribution in [0.25, 0.3) is 0 Å². The Labute approximate surface area is 170 Å². The molecule has 6 nitrogen and oxygen atoms in total. The third kappa shape index (κ3) is 3.78. The molecule has 0 spiro atoms. The van der Waals surface area contributed by atoms with Crippen molar-refractivity contribution in [1.82, 2.24) is 20.1 Å². The van der Waals surface area contributed by atoms with E-state index in [1.807, 2.05) is 30.3 Å². The molecule has 4 rings (SSSR count). The van der Waals surface area contributed by atoms with Crippen LogP contribution < -0.4 is 10.6 Å². The molecule has 154 valence electrons.